The van der Waals surface area contributed by atoms with Gasteiger partial charge in [-0.2, -0.15) is 0 Å². The van der Waals surface area contributed by atoms with Crippen molar-refractivity contribution in [3.8, 4) is 0 Å². The minimum Gasteiger partial charge on any atom is -0.399 e. The Hall–Kier alpha value is -0.860. The van der Waals surface area contributed by atoms with Crippen LogP contribution in [-0.4, -0.2) is 41.9 Å². The SMILES string of the molecule is COCCOCCCCNS(=O)(=O)c1cc(N)ccc1Cl. The topological polar surface area (TPSA) is 90.6 Å². The summed E-state index contributed by atoms with van der Waals surface area (Å²) in [5.74, 6) is 0. The lowest BCUT2D eigenvalue weighted by Crippen LogP contribution is -2.25. The molecule has 1 aromatic rings. The van der Waals surface area contributed by atoms with Crippen LogP contribution in [-0.2, 0) is 19.5 Å². The fourth-order valence-electron chi connectivity index (χ4n) is 1.58. The van der Waals surface area contributed by atoms with E-state index < -0.39 is 10.0 Å². The number of nitrogens with two attached hydrogens (primary N) is 1. The quantitative estimate of drug-likeness (QED) is 0.500. The van der Waals surface area contributed by atoms with E-state index >= 15 is 0 Å². The molecule has 0 aliphatic carbocycles. The summed E-state index contributed by atoms with van der Waals surface area (Å²) in [6, 6.07) is 4.37. The summed E-state index contributed by atoms with van der Waals surface area (Å²) in [6.07, 6.45) is 1.43. The van der Waals surface area contributed by atoms with Crippen molar-refractivity contribution in [3.05, 3.63) is 23.2 Å². The molecular formula is C13H21ClN2O4S. The fraction of sp³-hybridized carbons (Fsp3) is 0.538. The molecule has 0 bridgehead atoms. The molecule has 0 saturated heterocycles. The number of hydrogen-bond donors (Lipinski definition) is 2. The number of benzene rings is 1. The number of sulfonamides is 1. The van der Waals surface area contributed by atoms with E-state index in [4.69, 9.17) is 26.8 Å². The zero-order chi connectivity index (χ0) is 15.7. The van der Waals surface area contributed by atoms with Crippen LogP contribution in [0.2, 0.25) is 5.02 Å². The van der Waals surface area contributed by atoms with Gasteiger partial charge in [0.1, 0.15) is 4.90 Å². The summed E-state index contributed by atoms with van der Waals surface area (Å²) in [7, 11) is -2.03. The summed E-state index contributed by atoms with van der Waals surface area (Å²) in [6.45, 7) is 1.99. The monoisotopic (exact) mass is 336 g/mol. The Morgan fingerprint density at radius 1 is 1.24 bits per heavy atom. The van der Waals surface area contributed by atoms with Crippen LogP contribution in [0.15, 0.2) is 23.1 Å². The molecule has 0 radical (unpaired) electrons. The zero-order valence-corrected chi connectivity index (χ0v) is 13.5. The Kier molecular flexibility index (Phi) is 7.98. The van der Waals surface area contributed by atoms with Crippen molar-refractivity contribution in [2.24, 2.45) is 0 Å². The second-order valence-electron chi connectivity index (χ2n) is 4.40. The Labute approximate surface area is 130 Å². The lowest BCUT2D eigenvalue weighted by molar-refractivity contribution is 0.0689. The highest BCUT2D eigenvalue weighted by Crippen LogP contribution is 2.23. The van der Waals surface area contributed by atoms with E-state index in [0.717, 1.165) is 6.42 Å². The number of ether oxygens (including phenoxy) is 2. The number of nitrogens with one attached hydrogen (secondary N) is 1. The highest BCUT2D eigenvalue weighted by atomic mass is 35.5. The smallest absolute Gasteiger partial charge is 0.242 e. The molecule has 6 nitrogen and oxygen atoms in total. The lowest BCUT2D eigenvalue weighted by atomic mass is 10.3. The molecule has 1 aromatic carbocycles. The largest absolute Gasteiger partial charge is 0.399 e. The molecule has 0 saturated carbocycles. The van der Waals surface area contributed by atoms with E-state index in [1.807, 2.05) is 0 Å². The van der Waals surface area contributed by atoms with Gasteiger partial charge in [-0.25, -0.2) is 13.1 Å². The number of hydrogen-bond acceptors (Lipinski definition) is 5. The van der Waals surface area contributed by atoms with Gasteiger partial charge >= 0.3 is 0 Å². The van der Waals surface area contributed by atoms with E-state index in [9.17, 15) is 8.42 Å². The van der Waals surface area contributed by atoms with E-state index in [-0.39, 0.29) is 9.92 Å². The third-order valence-corrected chi connectivity index (χ3v) is 4.63. The Bertz CT molecular complexity index is 537. The number of unbranched alkanes of at least 4 members (excludes halogenated alkanes) is 1. The molecule has 0 heterocycles. The summed E-state index contributed by atoms with van der Waals surface area (Å²) < 4.78 is 36.8. The van der Waals surface area contributed by atoms with Gasteiger partial charge in [0.15, 0.2) is 0 Å². The summed E-state index contributed by atoms with van der Waals surface area (Å²) in [5, 5.41) is 0.152. The fourth-order valence-corrected chi connectivity index (χ4v) is 3.19. The minimum absolute atomic E-state index is 0.000473. The number of rotatable bonds is 10. The van der Waals surface area contributed by atoms with Gasteiger partial charge in [0.2, 0.25) is 10.0 Å². The van der Waals surface area contributed by atoms with Gasteiger partial charge in [-0.15, -0.1) is 0 Å². The van der Waals surface area contributed by atoms with Crippen molar-refractivity contribution >= 4 is 27.3 Å². The van der Waals surface area contributed by atoms with Gasteiger partial charge in [-0.1, -0.05) is 11.6 Å². The minimum atomic E-state index is -3.64. The number of anilines is 1. The van der Waals surface area contributed by atoms with Crippen molar-refractivity contribution in [2.45, 2.75) is 17.7 Å². The molecule has 120 valence electrons. The maximum Gasteiger partial charge on any atom is 0.242 e. The summed E-state index contributed by atoms with van der Waals surface area (Å²) >= 11 is 5.89. The first kappa shape index (κ1) is 18.2. The molecule has 0 spiro atoms. The van der Waals surface area contributed by atoms with Crippen LogP contribution >= 0.6 is 11.6 Å². The van der Waals surface area contributed by atoms with Crippen LogP contribution in [0.25, 0.3) is 0 Å². The maximum atomic E-state index is 12.1. The lowest BCUT2D eigenvalue weighted by Gasteiger charge is -2.09. The van der Waals surface area contributed by atoms with E-state index in [1.54, 1.807) is 13.2 Å². The van der Waals surface area contributed by atoms with Gasteiger partial charge in [0.05, 0.1) is 18.2 Å². The van der Waals surface area contributed by atoms with Crippen molar-refractivity contribution in [1.82, 2.24) is 4.72 Å². The molecule has 0 aliphatic heterocycles. The molecule has 8 heteroatoms. The van der Waals surface area contributed by atoms with Gasteiger partial charge in [0, 0.05) is 25.9 Å². The molecular weight excluding hydrogens is 316 g/mol. The summed E-state index contributed by atoms with van der Waals surface area (Å²) in [4.78, 5) is 0.000473. The molecule has 0 aromatic heterocycles. The standard InChI is InChI=1S/C13H21ClN2O4S/c1-19-8-9-20-7-3-2-6-16-21(17,18)13-10-11(15)4-5-12(13)14/h4-5,10,16H,2-3,6-9,15H2,1H3. The van der Waals surface area contributed by atoms with Crippen LogP contribution in [0.5, 0.6) is 0 Å². The normalized spacial score (nSPS) is 11.7. The first-order valence-electron chi connectivity index (χ1n) is 6.59. The number of methoxy groups -OCH3 is 1. The molecule has 0 amide bonds. The van der Waals surface area contributed by atoms with Gasteiger partial charge in [0.25, 0.3) is 0 Å². The highest BCUT2D eigenvalue weighted by Gasteiger charge is 2.17. The number of halogens is 1. The average Bonchev–Trinajstić information content (AvgIpc) is 2.44. The van der Waals surface area contributed by atoms with Crippen LogP contribution < -0.4 is 10.5 Å². The van der Waals surface area contributed by atoms with Crippen molar-refractivity contribution in [3.63, 3.8) is 0 Å². The van der Waals surface area contributed by atoms with Gasteiger partial charge < -0.3 is 15.2 Å². The zero-order valence-electron chi connectivity index (χ0n) is 12.0. The molecule has 0 atom stereocenters. The van der Waals surface area contributed by atoms with Crippen molar-refractivity contribution in [2.75, 3.05) is 39.2 Å². The molecule has 1 rings (SSSR count). The molecule has 3 N–H and O–H groups in total. The summed E-state index contributed by atoms with van der Waals surface area (Å²) in [5.41, 5.74) is 5.93. The second kappa shape index (κ2) is 9.22. The Morgan fingerprint density at radius 3 is 2.71 bits per heavy atom. The predicted molar refractivity (Wildman–Crippen MR) is 83.0 cm³/mol. The van der Waals surface area contributed by atoms with Crippen LogP contribution in [0.3, 0.4) is 0 Å². The van der Waals surface area contributed by atoms with Crippen molar-refractivity contribution in [1.29, 1.82) is 0 Å². The third-order valence-electron chi connectivity index (χ3n) is 2.68. The predicted octanol–water partition coefficient (Wildman–Crippen LogP) is 1.64. The maximum absolute atomic E-state index is 12.1. The van der Waals surface area contributed by atoms with Crippen LogP contribution in [0, 0.1) is 0 Å². The third kappa shape index (κ3) is 6.62. The van der Waals surface area contributed by atoms with Crippen molar-refractivity contribution < 1.29 is 17.9 Å². The molecule has 0 fully saturated rings. The Morgan fingerprint density at radius 2 is 2.00 bits per heavy atom. The highest BCUT2D eigenvalue weighted by molar-refractivity contribution is 7.89. The number of nitrogen functional groups attached to an aromatic ring is 1. The molecule has 0 aliphatic rings. The average molecular weight is 337 g/mol. The van der Waals surface area contributed by atoms with Crippen LogP contribution in [0.1, 0.15) is 12.8 Å². The van der Waals surface area contributed by atoms with E-state index in [0.29, 0.717) is 38.5 Å². The van der Waals surface area contributed by atoms with Gasteiger partial charge in [-0.3, -0.25) is 0 Å². The van der Waals surface area contributed by atoms with E-state index in [2.05, 4.69) is 4.72 Å². The first-order chi connectivity index (χ1) is 9.97. The van der Waals surface area contributed by atoms with Gasteiger partial charge in [-0.05, 0) is 31.0 Å². The van der Waals surface area contributed by atoms with E-state index in [1.165, 1.54) is 12.1 Å². The molecule has 0 unspecified atom stereocenters. The van der Waals surface area contributed by atoms with Crippen LogP contribution in [0.4, 0.5) is 5.69 Å². The Balaban J connectivity index is 2.35. The first-order valence-corrected chi connectivity index (χ1v) is 8.45. The molecule has 21 heavy (non-hydrogen) atoms. The second-order valence-corrected chi connectivity index (χ2v) is 6.54.